The third-order valence-electron chi connectivity index (χ3n) is 7.22. The van der Waals surface area contributed by atoms with E-state index in [1.165, 1.54) is 64.2 Å². The Balaban J connectivity index is 1.27. The Kier molecular flexibility index (Phi) is 5.53. The van der Waals surface area contributed by atoms with E-state index in [-0.39, 0.29) is 0 Å². The Morgan fingerprint density at radius 2 is 1.95 bits per heavy atom. The molecule has 5 unspecified atom stereocenters. The third kappa shape index (κ3) is 3.39. The number of rotatable bonds is 10. The highest BCUT2D eigenvalue weighted by Crippen LogP contribution is 2.52. The van der Waals surface area contributed by atoms with E-state index in [1.54, 1.807) is 0 Å². The van der Waals surface area contributed by atoms with Crippen LogP contribution < -0.4 is 0 Å². The molecule has 22 heavy (non-hydrogen) atoms. The van der Waals surface area contributed by atoms with Crippen molar-refractivity contribution in [2.45, 2.75) is 83.9 Å². The van der Waals surface area contributed by atoms with Crippen LogP contribution in [0.5, 0.6) is 0 Å². The minimum Gasteiger partial charge on any atom is -0.0877 e. The highest BCUT2D eigenvalue weighted by atomic mass is 14.4. The monoisotopic (exact) mass is 298 g/mol. The standard InChI is InChI=1S/C21H35B/c1-3-16(21(22)17-10-7-11-17)9-6-4-5-8-15(2)20-14-18-12-13-19(18)20/h7,10,15-17,20-21H,3-6,8-9,11-14,22H2,1-2H3. The van der Waals surface area contributed by atoms with Gasteiger partial charge >= 0.3 is 0 Å². The van der Waals surface area contributed by atoms with Crippen LogP contribution in [0, 0.1) is 23.7 Å². The molecule has 0 fully saturated rings. The molecule has 0 heterocycles. The first-order valence-corrected chi connectivity index (χ1v) is 10.1. The molecular formula is C21H35B. The molecule has 0 amide bonds. The van der Waals surface area contributed by atoms with Crippen LogP contribution in [0.4, 0.5) is 0 Å². The Morgan fingerprint density at radius 1 is 1.18 bits per heavy atom. The minimum atomic E-state index is 0.897. The maximum absolute atomic E-state index is 2.51. The molecular weight excluding hydrogens is 263 g/mol. The second kappa shape index (κ2) is 7.41. The predicted molar refractivity (Wildman–Crippen MR) is 99.9 cm³/mol. The van der Waals surface area contributed by atoms with E-state index in [4.69, 9.17) is 0 Å². The summed E-state index contributed by atoms with van der Waals surface area (Å²) in [6.07, 6.45) is 19.2. The summed E-state index contributed by atoms with van der Waals surface area (Å²) in [6, 6.07) is 0. The highest BCUT2D eigenvalue weighted by Gasteiger charge is 2.37. The molecule has 0 aromatic rings. The summed E-state index contributed by atoms with van der Waals surface area (Å²) in [4.78, 5) is 0. The number of unbranched alkanes of at least 4 members (excludes halogenated alkanes) is 2. The van der Waals surface area contributed by atoms with Crippen LogP contribution in [-0.4, -0.2) is 7.85 Å². The van der Waals surface area contributed by atoms with Gasteiger partial charge in [-0.25, -0.2) is 0 Å². The Labute approximate surface area is 139 Å². The third-order valence-corrected chi connectivity index (χ3v) is 7.22. The van der Waals surface area contributed by atoms with E-state index in [2.05, 4.69) is 33.8 Å². The van der Waals surface area contributed by atoms with Crippen LogP contribution >= 0.6 is 0 Å². The number of hydrogen-bond donors (Lipinski definition) is 0. The van der Waals surface area contributed by atoms with E-state index in [0.29, 0.717) is 0 Å². The van der Waals surface area contributed by atoms with Gasteiger partial charge in [-0.2, -0.15) is 0 Å². The van der Waals surface area contributed by atoms with E-state index in [9.17, 15) is 0 Å². The quantitative estimate of drug-likeness (QED) is 0.275. The fraction of sp³-hybridized carbons (Fsp3) is 0.810. The first kappa shape index (κ1) is 16.4. The normalized spacial score (nSPS) is 29.9. The van der Waals surface area contributed by atoms with Crippen LogP contribution in [0.2, 0.25) is 5.82 Å². The average molecular weight is 298 g/mol. The SMILES string of the molecule is BC(C1C=CC1)C(CC)CCCCCC(C)C1CC2=C1CC2. The molecule has 0 N–H and O–H groups in total. The van der Waals surface area contributed by atoms with Gasteiger partial charge in [-0.15, -0.1) is 0 Å². The van der Waals surface area contributed by atoms with Crippen molar-refractivity contribution >= 4 is 7.85 Å². The van der Waals surface area contributed by atoms with Gasteiger partial charge < -0.3 is 0 Å². The molecule has 1 heteroatoms. The van der Waals surface area contributed by atoms with Gasteiger partial charge in [0.25, 0.3) is 0 Å². The molecule has 122 valence electrons. The lowest BCUT2D eigenvalue weighted by Crippen LogP contribution is -2.30. The van der Waals surface area contributed by atoms with Crippen molar-refractivity contribution in [3.05, 3.63) is 23.3 Å². The van der Waals surface area contributed by atoms with Crippen molar-refractivity contribution in [3.8, 4) is 0 Å². The summed E-state index contributed by atoms with van der Waals surface area (Å²) >= 11 is 0. The van der Waals surface area contributed by atoms with Crippen molar-refractivity contribution in [2.75, 3.05) is 0 Å². The zero-order valence-electron chi connectivity index (χ0n) is 15.1. The first-order valence-electron chi connectivity index (χ1n) is 10.1. The van der Waals surface area contributed by atoms with Gasteiger partial charge in [0.2, 0.25) is 0 Å². The predicted octanol–water partition coefficient (Wildman–Crippen LogP) is 5.71. The lowest BCUT2D eigenvalue weighted by Gasteiger charge is -2.44. The Hall–Kier alpha value is -0.455. The lowest BCUT2D eigenvalue weighted by atomic mass is 9.61. The zero-order valence-corrected chi connectivity index (χ0v) is 15.1. The van der Waals surface area contributed by atoms with Gasteiger partial charge in [0, 0.05) is 0 Å². The molecule has 0 bridgehead atoms. The molecule has 0 radical (unpaired) electrons. The summed E-state index contributed by atoms with van der Waals surface area (Å²) in [7, 11) is 2.49. The molecule has 3 rings (SSSR count). The largest absolute Gasteiger partial charge is 0.106 e. The fourth-order valence-corrected chi connectivity index (χ4v) is 5.05. The molecule has 0 aliphatic heterocycles. The fourth-order valence-electron chi connectivity index (χ4n) is 5.05. The van der Waals surface area contributed by atoms with Crippen molar-refractivity contribution in [1.82, 2.24) is 0 Å². The zero-order chi connectivity index (χ0) is 15.5. The summed E-state index contributed by atoms with van der Waals surface area (Å²) in [5, 5.41) is 0. The molecule has 0 spiro atoms. The molecule has 0 saturated heterocycles. The van der Waals surface area contributed by atoms with Crippen LogP contribution in [0.1, 0.15) is 78.1 Å². The van der Waals surface area contributed by atoms with Crippen molar-refractivity contribution in [1.29, 1.82) is 0 Å². The summed E-state index contributed by atoms with van der Waals surface area (Å²) < 4.78 is 0. The van der Waals surface area contributed by atoms with Crippen molar-refractivity contribution in [3.63, 3.8) is 0 Å². The molecule has 0 aromatic heterocycles. The van der Waals surface area contributed by atoms with Gasteiger partial charge in [0.05, 0.1) is 0 Å². The van der Waals surface area contributed by atoms with Crippen molar-refractivity contribution < 1.29 is 0 Å². The van der Waals surface area contributed by atoms with Gasteiger partial charge in [-0.1, -0.05) is 81.5 Å². The minimum absolute atomic E-state index is 0.897. The average Bonchev–Trinajstić information content (AvgIpc) is 2.43. The topological polar surface area (TPSA) is 0 Å². The maximum Gasteiger partial charge on any atom is 0.106 e. The van der Waals surface area contributed by atoms with Gasteiger partial charge in [0.1, 0.15) is 7.85 Å². The van der Waals surface area contributed by atoms with Gasteiger partial charge in [-0.05, 0) is 49.4 Å². The molecule has 0 aromatic carbocycles. The van der Waals surface area contributed by atoms with Gasteiger partial charge in [-0.3, -0.25) is 0 Å². The summed E-state index contributed by atoms with van der Waals surface area (Å²) in [5.41, 5.74) is 3.71. The maximum atomic E-state index is 2.51. The smallest absolute Gasteiger partial charge is 0.0877 e. The van der Waals surface area contributed by atoms with Crippen LogP contribution in [0.3, 0.4) is 0 Å². The van der Waals surface area contributed by atoms with E-state index >= 15 is 0 Å². The second-order valence-electron chi connectivity index (χ2n) is 8.41. The van der Waals surface area contributed by atoms with Gasteiger partial charge in [0.15, 0.2) is 0 Å². The van der Waals surface area contributed by atoms with Crippen LogP contribution in [0.15, 0.2) is 23.3 Å². The molecule has 0 nitrogen and oxygen atoms in total. The summed E-state index contributed by atoms with van der Waals surface area (Å²) in [5.74, 6) is 4.72. The van der Waals surface area contributed by atoms with E-state index in [0.717, 1.165) is 29.5 Å². The first-order chi connectivity index (χ1) is 10.7. The number of hydrogen-bond acceptors (Lipinski definition) is 0. The van der Waals surface area contributed by atoms with Crippen LogP contribution in [-0.2, 0) is 0 Å². The Bertz CT molecular complexity index is 433. The lowest BCUT2D eigenvalue weighted by molar-refractivity contribution is 0.291. The summed E-state index contributed by atoms with van der Waals surface area (Å²) in [6.45, 7) is 4.90. The number of allylic oxidation sites excluding steroid dienone is 4. The van der Waals surface area contributed by atoms with Crippen molar-refractivity contribution in [2.24, 2.45) is 23.7 Å². The molecule has 3 aliphatic carbocycles. The highest BCUT2D eigenvalue weighted by molar-refractivity contribution is 6.12. The molecule has 0 saturated carbocycles. The molecule has 5 atom stereocenters. The van der Waals surface area contributed by atoms with E-state index < -0.39 is 0 Å². The van der Waals surface area contributed by atoms with E-state index in [1.807, 2.05) is 11.1 Å². The Morgan fingerprint density at radius 3 is 2.45 bits per heavy atom. The second-order valence-corrected chi connectivity index (χ2v) is 8.41. The van der Waals surface area contributed by atoms with Crippen LogP contribution in [0.25, 0.3) is 0 Å². The molecule has 3 aliphatic rings.